The second-order valence-corrected chi connectivity index (χ2v) is 17.7. The van der Waals surface area contributed by atoms with Gasteiger partial charge in [0.05, 0.1) is 25.8 Å². The van der Waals surface area contributed by atoms with E-state index in [1.165, 1.54) is 64.7 Å². The van der Waals surface area contributed by atoms with Crippen LogP contribution in [0.4, 0.5) is 0 Å². The molecule has 0 atom stereocenters. The summed E-state index contributed by atoms with van der Waals surface area (Å²) in [6, 6.07) is 70.3. The average molecular weight is 801 g/mol. The molecule has 0 fully saturated rings. The van der Waals surface area contributed by atoms with Crippen LogP contribution in [-0.2, 0) is 5.41 Å². The molecule has 0 radical (unpaired) electrons. The first-order chi connectivity index (χ1) is 29.7. The molecule has 3 nitrogen and oxygen atoms in total. The van der Waals surface area contributed by atoms with Crippen molar-refractivity contribution in [2.24, 2.45) is 0 Å². The Labute approximate surface area is 354 Å². The van der Waals surface area contributed by atoms with Gasteiger partial charge in [-0.15, -0.1) is 22.7 Å². The maximum Gasteiger partial charge on any atom is 0.132 e. The summed E-state index contributed by atoms with van der Waals surface area (Å²) in [7, 11) is 0. The van der Waals surface area contributed by atoms with Crippen LogP contribution in [-0.4, -0.2) is 9.97 Å². The number of hydrogen-bond acceptors (Lipinski definition) is 5. The maximum absolute atomic E-state index is 6.61. The Balaban J connectivity index is 0.961. The summed E-state index contributed by atoms with van der Waals surface area (Å²) in [6.45, 7) is 0. The molecule has 0 saturated carbocycles. The number of benzene rings is 9. The van der Waals surface area contributed by atoms with Crippen LogP contribution in [0.15, 0.2) is 194 Å². The van der Waals surface area contributed by atoms with Crippen molar-refractivity contribution in [1.82, 2.24) is 9.97 Å². The number of hydrogen-bond donors (Lipinski definition) is 0. The zero-order valence-electron chi connectivity index (χ0n) is 32.1. The van der Waals surface area contributed by atoms with E-state index in [0.29, 0.717) is 0 Å². The lowest BCUT2D eigenvalue weighted by atomic mass is 9.66. The van der Waals surface area contributed by atoms with Crippen molar-refractivity contribution in [1.29, 1.82) is 0 Å². The molecule has 280 valence electrons. The summed E-state index contributed by atoms with van der Waals surface area (Å²) in [6.07, 6.45) is 0. The van der Waals surface area contributed by atoms with Crippen molar-refractivity contribution < 1.29 is 4.74 Å². The zero-order valence-corrected chi connectivity index (χ0v) is 33.7. The lowest BCUT2D eigenvalue weighted by Gasteiger charge is -2.39. The van der Waals surface area contributed by atoms with Crippen LogP contribution < -0.4 is 4.74 Å². The van der Waals surface area contributed by atoms with Crippen LogP contribution >= 0.6 is 22.7 Å². The molecule has 1 aliphatic carbocycles. The van der Waals surface area contributed by atoms with Gasteiger partial charge < -0.3 is 4.74 Å². The molecule has 11 aromatic rings. The standard InChI is InChI=1S/C55H32N2OS2/c1-2-12-40-35(11-1)25-28-45-52(40)41-32-36(26-27-42(41)55(45)43-13-3-7-17-48(43)58-49-18-8-4-14-44(49)55)33-21-23-34(24-22-33)37-29-38(53-56-46-15-5-9-19-50(46)59-53)31-39(30-37)54-57-47-16-6-10-20-51(47)60-54/h1-32H. The first-order valence-electron chi connectivity index (χ1n) is 20.2. The number of fused-ring (bicyclic) bond motifs is 13. The van der Waals surface area contributed by atoms with Crippen LogP contribution in [0.1, 0.15) is 22.3 Å². The van der Waals surface area contributed by atoms with Gasteiger partial charge in [-0.3, -0.25) is 0 Å². The molecular formula is C55H32N2OS2. The van der Waals surface area contributed by atoms with Gasteiger partial charge in [-0.2, -0.15) is 0 Å². The predicted molar refractivity (Wildman–Crippen MR) is 249 cm³/mol. The van der Waals surface area contributed by atoms with Crippen molar-refractivity contribution >= 4 is 53.9 Å². The van der Waals surface area contributed by atoms with E-state index < -0.39 is 5.41 Å². The maximum atomic E-state index is 6.61. The highest BCUT2D eigenvalue weighted by Gasteiger charge is 2.51. The van der Waals surface area contributed by atoms with Crippen LogP contribution in [0.3, 0.4) is 0 Å². The van der Waals surface area contributed by atoms with Crippen molar-refractivity contribution in [3.8, 4) is 66.0 Å². The highest BCUT2D eigenvalue weighted by atomic mass is 32.1. The molecule has 3 heterocycles. The van der Waals surface area contributed by atoms with E-state index >= 15 is 0 Å². The molecule has 60 heavy (non-hydrogen) atoms. The Morgan fingerprint density at radius 1 is 0.383 bits per heavy atom. The van der Waals surface area contributed by atoms with E-state index in [2.05, 4.69) is 194 Å². The van der Waals surface area contributed by atoms with Gasteiger partial charge in [0.1, 0.15) is 21.5 Å². The van der Waals surface area contributed by atoms with E-state index in [9.17, 15) is 0 Å². The second kappa shape index (κ2) is 12.9. The smallest absolute Gasteiger partial charge is 0.132 e. The summed E-state index contributed by atoms with van der Waals surface area (Å²) >= 11 is 3.47. The predicted octanol–water partition coefficient (Wildman–Crippen LogP) is 15.2. The first-order valence-corrected chi connectivity index (χ1v) is 21.8. The highest BCUT2D eigenvalue weighted by molar-refractivity contribution is 7.22. The molecule has 2 aliphatic rings. The fourth-order valence-electron chi connectivity index (χ4n) is 9.74. The van der Waals surface area contributed by atoms with E-state index in [-0.39, 0.29) is 0 Å². The molecule has 0 N–H and O–H groups in total. The Morgan fingerprint density at radius 2 is 0.900 bits per heavy atom. The Morgan fingerprint density at radius 3 is 1.55 bits per heavy atom. The number of para-hydroxylation sites is 4. The van der Waals surface area contributed by atoms with Crippen molar-refractivity contribution in [3.05, 3.63) is 216 Å². The monoisotopic (exact) mass is 800 g/mol. The van der Waals surface area contributed by atoms with Crippen molar-refractivity contribution in [2.75, 3.05) is 0 Å². The minimum Gasteiger partial charge on any atom is -0.457 e. The van der Waals surface area contributed by atoms with Crippen molar-refractivity contribution in [3.63, 3.8) is 0 Å². The summed E-state index contributed by atoms with van der Waals surface area (Å²) in [5, 5.41) is 4.52. The molecule has 0 bridgehead atoms. The fraction of sp³-hybridized carbons (Fsp3) is 0.0182. The lowest BCUT2D eigenvalue weighted by Crippen LogP contribution is -2.32. The summed E-state index contributed by atoms with van der Waals surface area (Å²) < 4.78 is 8.98. The summed E-state index contributed by atoms with van der Waals surface area (Å²) in [5.74, 6) is 1.81. The van der Waals surface area contributed by atoms with Gasteiger partial charge in [0, 0.05) is 22.3 Å². The SMILES string of the molecule is c1ccc2c(c1)Oc1ccccc1C21c2ccc(-c3ccc(-c4cc(-c5nc6ccccc6s5)cc(-c5nc6ccccc6s5)c4)cc3)cc2-c2c1ccc1ccccc21. The van der Waals surface area contributed by atoms with Gasteiger partial charge in [0.15, 0.2) is 0 Å². The minimum absolute atomic E-state index is 0.516. The summed E-state index contributed by atoms with van der Waals surface area (Å²) in [5.41, 5.74) is 15.9. The van der Waals surface area contributed by atoms with E-state index in [1.807, 2.05) is 0 Å². The van der Waals surface area contributed by atoms with Gasteiger partial charge in [0.25, 0.3) is 0 Å². The quantitative estimate of drug-likeness (QED) is 0.178. The molecule has 0 saturated heterocycles. The zero-order chi connectivity index (χ0) is 39.4. The molecule has 5 heteroatoms. The third-order valence-corrected chi connectivity index (χ3v) is 14.6. The van der Waals surface area contributed by atoms with Crippen LogP contribution in [0.5, 0.6) is 11.5 Å². The van der Waals surface area contributed by atoms with Gasteiger partial charge in [0.2, 0.25) is 0 Å². The molecule has 0 amide bonds. The number of rotatable bonds is 4. The van der Waals surface area contributed by atoms with Crippen LogP contribution in [0, 0.1) is 0 Å². The largest absolute Gasteiger partial charge is 0.457 e. The highest BCUT2D eigenvalue weighted by Crippen LogP contribution is 2.63. The van der Waals surface area contributed by atoms with E-state index in [4.69, 9.17) is 14.7 Å². The number of aromatic nitrogens is 2. The van der Waals surface area contributed by atoms with Crippen molar-refractivity contribution in [2.45, 2.75) is 5.41 Å². The van der Waals surface area contributed by atoms with Gasteiger partial charge in [-0.25, -0.2) is 9.97 Å². The lowest BCUT2D eigenvalue weighted by molar-refractivity contribution is 0.436. The third kappa shape index (κ3) is 4.94. The Bertz CT molecular complexity index is 3340. The first kappa shape index (κ1) is 33.8. The van der Waals surface area contributed by atoms with Crippen LogP contribution in [0.2, 0.25) is 0 Å². The molecule has 9 aromatic carbocycles. The fourth-order valence-corrected chi connectivity index (χ4v) is 11.6. The number of thiazole rings is 2. The Hall–Kier alpha value is -7.18. The average Bonchev–Trinajstić information content (AvgIpc) is 4.03. The van der Waals surface area contributed by atoms with Crippen LogP contribution in [0.25, 0.3) is 85.7 Å². The molecule has 1 spiro atoms. The normalized spacial score (nSPS) is 13.3. The number of nitrogens with zero attached hydrogens (tertiary/aromatic N) is 2. The third-order valence-electron chi connectivity index (χ3n) is 12.4. The van der Waals surface area contributed by atoms with Gasteiger partial charge in [-0.1, -0.05) is 133 Å². The molecular weight excluding hydrogens is 769 g/mol. The molecule has 13 rings (SSSR count). The molecule has 0 unspecified atom stereocenters. The topological polar surface area (TPSA) is 35.0 Å². The van der Waals surface area contributed by atoms with E-state index in [1.54, 1.807) is 22.7 Å². The molecule has 1 aliphatic heterocycles. The minimum atomic E-state index is -0.516. The second-order valence-electron chi connectivity index (χ2n) is 15.7. The Kier molecular flexibility index (Phi) is 7.26. The molecule has 2 aromatic heterocycles. The summed E-state index contributed by atoms with van der Waals surface area (Å²) in [4.78, 5) is 10.1. The number of ether oxygens (including phenoxy) is 1. The van der Waals surface area contributed by atoms with E-state index in [0.717, 1.165) is 54.8 Å². The van der Waals surface area contributed by atoms with Gasteiger partial charge in [-0.05, 0) is 116 Å². The van der Waals surface area contributed by atoms with Gasteiger partial charge >= 0.3 is 0 Å².